The Morgan fingerprint density at radius 1 is 0.906 bits per heavy atom. The van der Waals surface area contributed by atoms with Gasteiger partial charge in [-0.15, -0.1) is 0 Å². The Kier molecular flexibility index (Phi) is 5.25. The highest BCUT2D eigenvalue weighted by molar-refractivity contribution is 6.09. The molecule has 0 unspecified atom stereocenters. The second-order valence-corrected chi connectivity index (χ2v) is 8.33. The van der Waals surface area contributed by atoms with E-state index in [4.69, 9.17) is 0 Å². The van der Waals surface area contributed by atoms with E-state index in [1.54, 1.807) is 4.90 Å². The van der Waals surface area contributed by atoms with Crippen LogP contribution in [-0.4, -0.2) is 52.7 Å². The van der Waals surface area contributed by atoms with Crippen LogP contribution >= 0.6 is 0 Å². The minimum Gasteiger partial charge on any atom is -0.314 e. The van der Waals surface area contributed by atoms with E-state index in [-0.39, 0.29) is 12.5 Å². The summed E-state index contributed by atoms with van der Waals surface area (Å²) >= 11 is 0. The van der Waals surface area contributed by atoms with Crippen LogP contribution in [0.25, 0.3) is 0 Å². The summed E-state index contributed by atoms with van der Waals surface area (Å²) in [4.78, 5) is 24.0. The summed E-state index contributed by atoms with van der Waals surface area (Å²) in [5, 5.41) is 0. The molecule has 0 aliphatic carbocycles. The van der Waals surface area contributed by atoms with Gasteiger partial charge >= 0.3 is 6.18 Å². The molecular weight excluding hydrogens is 417 g/mol. The minimum absolute atomic E-state index is 0.104. The van der Waals surface area contributed by atoms with Crippen LogP contribution in [0.15, 0.2) is 70.9 Å². The first kappa shape index (κ1) is 20.8. The highest BCUT2D eigenvalue weighted by Gasteiger charge is 2.42. The van der Waals surface area contributed by atoms with E-state index in [0.29, 0.717) is 31.2 Å². The zero-order chi connectivity index (χ0) is 22.3. The van der Waals surface area contributed by atoms with Gasteiger partial charge in [0, 0.05) is 38.4 Å². The second-order valence-electron chi connectivity index (χ2n) is 8.33. The Morgan fingerprint density at radius 3 is 2.34 bits per heavy atom. The zero-order valence-electron chi connectivity index (χ0n) is 17.5. The molecule has 0 bridgehead atoms. The third-order valence-corrected chi connectivity index (χ3v) is 6.08. The molecule has 5 nitrogen and oxygen atoms in total. The molecule has 0 N–H and O–H groups in total. The van der Waals surface area contributed by atoms with E-state index in [2.05, 4.69) is 26.9 Å². The van der Waals surface area contributed by atoms with Crippen molar-refractivity contribution in [2.45, 2.75) is 25.7 Å². The molecule has 3 aliphatic rings. The van der Waals surface area contributed by atoms with Gasteiger partial charge in [0.1, 0.15) is 0 Å². The number of carbonyl (C=O) groups is 1. The number of rotatable bonds is 4. The number of amides is 1. The number of aliphatic imine (C=N–C) groups is 1. The predicted octanol–water partition coefficient (Wildman–Crippen LogP) is 3.88. The van der Waals surface area contributed by atoms with Crippen LogP contribution in [0.5, 0.6) is 0 Å². The van der Waals surface area contributed by atoms with Gasteiger partial charge in [-0.3, -0.25) is 19.6 Å². The van der Waals surface area contributed by atoms with E-state index in [9.17, 15) is 18.0 Å². The summed E-state index contributed by atoms with van der Waals surface area (Å²) in [6.07, 6.45) is -3.48. The first-order valence-corrected chi connectivity index (χ1v) is 10.7. The molecule has 5 rings (SSSR count). The van der Waals surface area contributed by atoms with Gasteiger partial charge in [-0.05, 0) is 29.7 Å². The topological polar surface area (TPSA) is 39.2 Å². The smallest absolute Gasteiger partial charge is 0.314 e. The lowest BCUT2D eigenvalue weighted by Crippen LogP contribution is -2.53. The number of nitrogens with zero attached hydrogens (tertiary/aromatic N) is 4. The molecule has 3 heterocycles. The van der Waals surface area contributed by atoms with Crippen LogP contribution in [0.3, 0.4) is 0 Å². The predicted molar refractivity (Wildman–Crippen MR) is 114 cm³/mol. The maximum atomic E-state index is 13.4. The van der Waals surface area contributed by atoms with Crippen LogP contribution in [0.4, 0.5) is 13.2 Å². The SMILES string of the molecule is O=C1C2=C(CN(Cc3ccccc3)C2)N2CCCN=C2N1Cc1ccc(C(F)(F)F)cc1. The lowest BCUT2D eigenvalue weighted by Gasteiger charge is -2.40. The normalized spacial score (nSPS) is 19.2. The van der Waals surface area contributed by atoms with Gasteiger partial charge in [-0.2, -0.15) is 13.2 Å². The van der Waals surface area contributed by atoms with Crippen molar-refractivity contribution < 1.29 is 18.0 Å². The maximum absolute atomic E-state index is 13.4. The van der Waals surface area contributed by atoms with Crippen molar-refractivity contribution in [3.63, 3.8) is 0 Å². The number of hydrogen-bond donors (Lipinski definition) is 0. The zero-order valence-corrected chi connectivity index (χ0v) is 17.5. The molecule has 2 aromatic rings. The Balaban J connectivity index is 1.38. The van der Waals surface area contributed by atoms with Gasteiger partial charge in [0.2, 0.25) is 5.96 Å². The summed E-state index contributed by atoms with van der Waals surface area (Å²) in [7, 11) is 0. The highest BCUT2D eigenvalue weighted by atomic mass is 19.4. The van der Waals surface area contributed by atoms with Crippen molar-refractivity contribution in [1.29, 1.82) is 0 Å². The Bertz CT molecular complexity index is 1080. The van der Waals surface area contributed by atoms with E-state index in [1.165, 1.54) is 17.7 Å². The first-order valence-electron chi connectivity index (χ1n) is 10.7. The monoisotopic (exact) mass is 440 g/mol. The molecule has 0 atom stereocenters. The van der Waals surface area contributed by atoms with Crippen LogP contribution in [0.1, 0.15) is 23.1 Å². The molecular formula is C24H23F3N4O. The molecule has 0 radical (unpaired) electrons. The van der Waals surface area contributed by atoms with Gasteiger partial charge in [0.25, 0.3) is 5.91 Å². The fraction of sp³-hybridized carbons (Fsp3) is 0.333. The molecule has 2 aromatic carbocycles. The average molecular weight is 440 g/mol. The van der Waals surface area contributed by atoms with Gasteiger partial charge < -0.3 is 4.90 Å². The molecule has 32 heavy (non-hydrogen) atoms. The quantitative estimate of drug-likeness (QED) is 0.725. The highest BCUT2D eigenvalue weighted by Crippen LogP contribution is 2.33. The van der Waals surface area contributed by atoms with Gasteiger partial charge in [0.05, 0.1) is 17.7 Å². The third kappa shape index (κ3) is 3.90. The fourth-order valence-corrected chi connectivity index (χ4v) is 4.53. The van der Waals surface area contributed by atoms with Gasteiger partial charge in [0.15, 0.2) is 0 Å². The summed E-state index contributed by atoms with van der Waals surface area (Å²) in [6, 6.07) is 15.1. The molecule has 166 valence electrons. The lowest BCUT2D eigenvalue weighted by molar-refractivity contribution is -0.137. The van der Waals surface area contributed by atoms with Crippen LogP contribution in [0.2, 0.25) is 0 Å². The third-order valence-electron chi connectivity index (χ3n) is 6.08. The fourth-order valence-electron chi connectivity index (χ4n) is 4.53. The number of halogens is 3. The molecule has 0 fully saturated rings. The number of fused-ring (bicyclic) bond motifs is 2. The van der Waals surface area contributed by atoms with Crippen molar-refractivity contribution in [2.24, 2.45) is 4.99 Å². The molecule has 0 spiro atoms. The van der Waals surface area contributed by atoms with Gasteiger partial charge in [-0.1, -0.05) is 42.5 Å². The Hall–Kier alpha value is -3.13. The number of hydrogen-bond acceptors (Lipinski definition) is 4. The first-order chi connectivity index (χ1) is 15.4. The molecule has 3 aliphatic heterocycles. The van der Waals surface area contributed by atoms with Crippen LogP contribution in [-0.2, 0) is 24.1 Å². The molecule has 0 saturated carbocycles. The summed E-state index contributed by atoms with van der Waals surface area (Å²) in [5.74, 6) is 0.508. The summed E-state index contributed by atoms with van der Waals surface area (Å²) in [6.45, 7) is 3.61. The van der Waals surface area contributed by atoms with Crippen molar-refractivity contribution in [2.75, 3.05) is 26.2 Å². The standard InChI is InChI=1S/C24H23F3N4O/c25-24(26,27)19-9-7-18(8-10-19)14-31-22(32)20-15-29(13-17-5-2-1-3-6-17)16-21(20)30-12-4-11-28-23(30)31/h1-3,5-10H,4,11-16H2. The second kappa shape index (κ2) is 8.09. The van der Waals surface area contributed by atoms with Crippen molar-refractivity contribution >= 4 is 11.9 Å². The number of alkyl halides is 3. The van der Waals surface area contributed by atoms with Gasteiger partial charge in [-0.25, -0.2) is 0 Å². The molecule has 1 amide bonds. The largest absolute Gasteiger partial charge is 0.416 e. The van der Waals surface area contributed by atoms with E-state index < -0.39 is 11.7 Å². The van der Waals surface area contributed by atoms with Crippen LogP contribution < -0.4 is 0 Å². The Morgan fingerprint density at radius 2 is 1.62 bits per heavy atom. The van der Waals surface area contributed by atoms with Crippen molar-refractivity contribution in [3.05, 3.63) is 82.6 Å². The maximum Gasteiger partial charge on any atom is 0.416 e. The number of benzene rings is 2. The summed E-state index contributed by atoms with van der Waals surface area (Å²) < 4.78 is 38.7. The lowest BCUT2D eigenvalue weighted by atomic mass is 10.1. The molecule has 0 aromatic heterocycles. The minimum atomic E-state index is -4.38. The number of guanidine groups is 1. The number of carbonyl (C=O) groups excluding carboxylic acids is 1. The van der Waals surface area contributed by atoms with Crippen molar-refractivity contribution in [3.8, 4) is 0 Å². The average Bonchev–Trinajstić information content (AvgIpc) is 3.21. The van der Waals surface area contributed by atoms with Crippen molar-refractivity contribution in [1.82, 2.24) is 14.7 Å². The molecule has 0 saturated heterocycles. The van der Waals surface area contributed by atoms with E-state index in [1.807, 2.05) is 18.2 Å². The molecule has 8 heteroatoms. The van der Waals surface area contributed by atoms with E-state index in [0.717, 1.165) is 42.9 Å². The Labute approximate surface area is 184 Å². The van der Waals surface area contributed by atoms with E-state index >= 15 is 0 Å². The van der Waals surface area contributed by atoms with Crippen LogP contribution in [0, 0.1) is 0 Å². The summed E-state index contributed by atoms with van der Waals surface area (Å²) in [5.41, 5.74) is 2.90.